The lowest BCUT2D eigenvalue weighted by atomic mass is 9.98. The lowest BCUT2D eigenvalue weighted by Crippen LogP contribution is -2.46. The summed E-state index contributed by atoms with van der Waals surface area (Å²) in [6.45, 7) is 10.7. The minimum atomic E-state index is -0.420. The van der Waals surface area contributed by atoms with Gasteiger partial charge in [-0.3, -0.25) is 9.88 Å². The topological polar surface area (TPSA) is 94.7 Å². The van der Waals surface area contributed by atoms with E-state index in [1.807, 2.05) is 48.1 Å². The average Bonchev–Trinajstić information content (AvgIpc) is 3.54. The molecule has 2 aromatic heterocycles. The standard InChI is InChI=1S/C36H38ClFN8/c1-23(28-12-8-9-13-31(28)38)41-33-25(20-39)21-40-35-29(33)18-26(19-30(35)37)42-34(24-10-6-5-7-11-24)32-22-46(44-43-32)27-14-16-45(17-15-27)36(2,3)4/h5-13,18-19,21-23,27,34,42H,14-17H2,1-4H3,(H,40,41)/t23-,34+/m1/s1. The van der Waals surface area contributed by atoms with Crippen LogP contribution in [0.4, 0.5) is 15.8 Å². The van der Waals surface area contributed by atoms with Crippen LogP contribution >= 0.6 is 11.6 Å². The number of anilines is 2. The van der Waals surface area contributed by atoms with Crippen molar-refractivity contribution in [2.24, 2.45) is 0 Å². The zero-order chi connectivity index (χ0) is 32.4. The maximum Gasteiger partial charge on any atom is 0.128 e. The number of hydrogen-bond donors (Lipinski definition) is 2. The van der Waals surface area contributed by atoms with Crippen molar-refractivity contribution in [3.8, 4) is 6.07 Å². The van der Waals surface area contributed by atoms with E-state index in [0.29, 0.717) is 32.7 Å². The third-order valence-electron chi connectivity index (χ3n) is 8.83. The van der Waals surface area contributed by atoms with Gasteiger partial charge in [-0.25, -0.2) is 9.07 Å². The summed E-state index contributed by atoms with van der Waals surface area (Å²) in [6.07, 6.45) is 5.57. The summed E-state index contributed by atoms with van der Waals surface area (Å²) < 4.78 is 16.7. The predicted octanol–water partition coefficient (Wildman–Crippen LogP) is 8.30. The minimum absolute atomic E-state index is 0.149. The fraction of sp³-hybridized carbons (Fsp3) is 0.333. The second-order valence-corrected chi connectivity index (χ2v) is 13.3. The third kappa shape index (κ3) is 6.55. The van der Waals surface area contributed by atoms with Crippen LogP contribution in [0.2, 0.25) is 5.02 Å². The molecule has 0 unspecified atom stereocenters. The van der Waals surface area contributed by atoms with Crippen molar-refractivity contribution in [2.75, 3.05) is 23.7 Å². The molecular weight excluding hydrogens is 599 g/mol. The molecule has 2 atom stereocenters. The van der Waals surface area contributed by atoms with E-state index in [-0.39, 0.29) is 23.4 Å². The molecule has 3 aromatic carbocycles. The second kappa shape index (κ2) is 13.1. The molecule has 8 nitrogen and oxygen atoms in total. The largest absolute Gasteiger partial charge is 0.377 e. The Bertz CT molecular complexity index is 1870. The maximum absolute atomic E-state index is 14.7. The number of hydrogen-bond acceptors (Lipinski definition) is 7. The summed E-state index contributed by atoms with van der Waals surface area (Å²) in [5.41, 5.74) is 4.59. The number of rotatable bonds is 8. The molecule has 0 radical (unpaired) electrons. The average molecular weight is 637 g/mol. The van der Waals surface area contributed by atoms with Gasteiger partial charge in [0, 0.05) is 41.5 Å². The Morgan fingerprint density at radius 1 is 1.02 bits per heavy atom. The molecule has 10 heteroatoms. The van der Waals surface area contributed by atoms with Gasteiger partial charge in [-0.05, 0) is 64.3 Å². The Kier molecular flexibility index (Phi) is 8.94. The fourth-order valence-electron chi connectivity index (χ4n) is 6.25. The molecule has 2 N–H and O–H groups in total. The van der Waals surface area contributed by atoms with Gasteiger partial charge in [0.2, 0.25) is 0 Å². The maximum atomic E-state index is 14.7. The summed E-state index contributed by atoms with van der Waals surface area (Å²) in [5, 5.41) is 27.3. The molecule has 6 rings (SSSR count). The summed E-state index contributed by atoms with van der Waals surface area (Å²) in [7, 11) is 0. The molecule has 0 aliphatic carbocycles. The molecule has 1 aliphatic heterocycles. The molecule has 5 aromatic rings. The number of fused-ring (bicyclic) bond motifs is 1. The highest BCUT2D eigenvalue weighted by atomic mass is 35.5. The van der Waals surface area contributed by atoms with E-state index in [0.717, 1.165) is 42.9 Å². The van der Waals surface area contributed by atoms with Crippen molar-refractivity contribution in [1.29, 1.82) is 5.26 Å². The molecule has 236 valence electrons. The number of likely N-dealkylation sites (tertiary alicyclic amines) is 1. The van der Waals surface area contributed by atoms with E-state index >= 15 is 0 Å². The van der Waals surface area contributed by atoms with Crippen LogP contribution in [0.1, 0.15) is 81.0 Å². The third-order valence-corrected chi connectivity index (χ3v) is 9.12. The number of nitrogens with one attached hydrogen (secondary N) is 2. The van der Waals surface area contributed by atoms with E-state index in [4.69, 9.17) is 11.6 Å². The quantitative estimate of drug-likeness (QED) is 0.177. The summed E-state index contributed by atoms with van der Waals surface area (Å²) in [5.74, 6) is -0.321. The van der Waals surface area contributed by atoms with Crippen molar-refractivity contribution in [1.82, 2.24) is 24.9 Å². The number of aromatic nitrogens is 4. The van der Waals surface area contributed by atoms with Crippen LogP contribution in [0.25, 0.3) is 10.9 Å². The van der Waals surface area contributed by atoms with Crippen molar-refractivity contribution in [3.05, 3.63) is 112 Å². The van der Waals surface area contributed by atoms with Gasteiger partial charge in [0.1, 0.15) is 17.6 Å². The van der Waals surface area contributed by atoms with E-state index < -0.39 is 6.04 Å². The van der Waals surface area contributed by atoms with Gasteiger partial charge in [-0.2, -0.15) is 5.26 Å². The molecule has 46 heavy (non-hydrogen) atoms. The SMILES string of the molecule is C[C@@H](Nc1c(C#N)cnc2c(Cl)cc(N[C@@H](c3ccccc3)c3cn(C4CCN(C(C)(C)C)CC4)nn3)cc12)c1ccccc1F. The van der Waals surface area contributed by atoms with E-state index in [2.05, 4.69) is 69.8 Å². The van der Waals surface area contributed by atoms with Gasteiger partial charge in [-0.1, -0.05) is 65.3 Å². The zero-order valence-corrected chi connectivity index (χ0v) is 27.3. The number of nitriles is 1. The summed E-state index contributed by atoms with van der Waals surface area (Å²) in [4.78, 5) is 7.02. The van der Waals surface area contributed by atoms with Crippen LogP contribution in [0.3, 0.4) is 0 Å². The number of halogens is 2. The van der Waals surface area contributed by atoms with Crippen molar-refractivity contribution >= 4 is 33.9 Å². The number of pyridine rings is 1. The van der Waals surface area contributed by atoms with E-state index in [9.17, 15) is 9.65 Å². The molecule has 0 saturated carbocycles. The minimum Gasteiger partial charge on any atom is -0.377 e. The Labute approximate surface area is 274 Å². The molecule has 0 amide bonds. The van der Waals surface area contributed by atoms with Crippen molar-refractivity contribution in [3.63, 3.8) is 0 Å². The molecule has 0 bridgehead atoms. The molecule has 0 spiro atoms. The predicted molar refractivity (Wildman–Crippen MR) is 181 cm³/mol. The van der Waals surface area contributed by atoms with E-state index in [1.54, 1.807) is 18.2 Å². The normalized spacial score (nSPS) is 15.8. The smallest absolute Gasteiger partial charge is 0.128 e. The van der Waals surface area contributed by atoms with Gasteiger partial charge < -0.3 is 10.6 Å². The Balaban J connectivity index is 1.34. The van der Waals surface area contributed by atoms with Crippen molar-refractivity contribution in [2.45, 2.75) is 64.2 Å². The number of piperidine rings is 1. The highest BCUT2D eigenvalue weighted by molar-refractivity contribution is 6.35. The first-order valence-corrected chi connectivity index (χ1v) is 16.0. The Morgan fingerprint density at radius 3 is 2.43 bits per heavy atom. The van der Waals surface area contributed by atoms with E-state index in [1.165, 1.54) is 12.3 Å². The van der Waals surface area contributed by atoms with Gasteiger partial charge in [0.25, 0.3) is 0 Å². The van der Waals surface area contributed by atoms with Crippen LogP contribution in [0.5, 0.6) is 0 Å². The second-order valence-electron chi connectivity index (χ2n) is 12.9. The van der Waals surface area contributed by atoms with Crippen LogP contribution in [0.15, 0.2) is 79.1 Å². The lowest BCUT2D eigenvalue weighted by molar-refractivity contribution is 0.0866. The first-order chi connectivity index (χ1) is 22.1. The van der Waals surface area contributed by atoms with Crippen LogP contribution in [-0.4, -0.2) is 43.5 Å². The first kappa shape index (κ1) is 31.5. The van der Waals surface area contributed by atoms with Crippen LogP contribution in [0, 0.1) is 17.1 Å². The van der Waals surface area contributed by atoms with Crippen LogP contribution < -0.4 is 10.6 Å². The zero-order valence-electron chi connectivity index (χ0n) is 26.5. The number of benzene rings is 3. The molecule has 3 heterocycles. The number of nitrogens with zero attached hydrogens (tertiary/aromatic N) is 6. The van der Waals surface area contributed by atoms with Crippen molar-refractivity contribution < 1.29 is 4.39 Å². The lowest BCUT2D eigenvalue weighted by Gasteiger charge is -2.40. The molecule has 1 fully saturated rings. The Hall–Kier alpha value is -4.52. The molecule has 1 saturated heterocycles. The molecule has 1 aliphatic rings. The van der Waals surface area contributed by atoms with Gasteiger partial charge >= 0.3 is 0 Å². The monoisotopic (exact) mass is 636 g/mol. The highest BCUT2D eigenvalue weighted by Crippen LogP contribution is 2.37. The fourth-order valence-corrected chi connectivity index (χ4v) is 6.51. The van der Waals surface area contributed by atoms with Gasteiger partial charge in [-0.15, -0.1) is 5.10 Å². The Morgan fingerprint density at radius 2 is 1.74 bits per heavy atom. The van der Waals surface area contributed by atoms with Gasteiger partial charge in [0.05, 0.1) is 46.1 Å². The first-order valence-electron chi connectivity index (χ1n) is 15.6. The highest BCUT2D eigenvalue weighted by Gasteiger charge is 2.29. The summed E-state index contributed by atoms with van der Waals surface area (Å²) >= 11 is 6.82. The summed E-state index contributed by atoms with van der Waals surface area (Å²) in [6, 6.07) is 22.2. The van der Waals surface area contributed by atoms with Gasteiger partial charge in [0.15, 0.2) is 0 Å². The van der Waals surface area contributed by atoms with Crippen LogP contribution in [-0.2, 0) is 0 Å². The molecular formula is C36H38ClFN8.